The van der Waals surface area contributed by atoms with Crippen LogP contribution < -0.4 is 5.32 Å². The molecule has 0 saturated heterocycles. The first kappa shape index (κ1) is 14.0. The van der Waals surface area contributed by atoms with E-state index in [0.717, 1.165) is 5.76 Å². The topological polar surface area (TPSA) is 79.5 Å². The van der Waals surface area contributed by atoms with Crippen LogP contribution in [0.2, 0.25) is 0 Å². The first-order valence-corrected chi connectivity index (χ1v) is 5.74. The molecule has 0 spiro atoms. The Morgan fingerprint density at radius 2 is 2.22 bits per heavy atom. The van der Waals surface area contributed by atoms with Crippen molar-refractivity contribution in [2.24, 2.45) is 0 Å². The van der Waals surface area contributed by atoms with Gasteiger partial charge in [0.2, 0.25) is 5.91 Å². The van der Waals surface area contributed by atoms with Crippen molar-refractivity contribution in [3.05, 3.63) is 29.7 Å². The number of carbonyl (C=O) groups is 2. The summed E-state index contributed by atoms with van der Waals surface area (Å²) in [7, 11) is 0. The zero-order valence-electron chi connectivity index (χ0n) is 10.5. The van der Waals surface area contributed by atoms with Crippen LogP contribution in [-0.4, -0.2) is 23.0 Å². The van der Waals surface area contributed by atoms with Crippen LogP contribution >= 0.6 is 0 Å². The lowest BCUT2D eigenvalue weighted by molar-refractivity contribution is -0.137. The Bertz CT molecular complexity index is 448. The largest absolute Gasteiger partial charge is 0.481 e. The number of carboxylic acids is 1. The van der Waals surface area contributed by atoms with E-state index in [0.29, 0.717) is 12.2 Å². The van der Waals surface area contributed by atoms with Crippen molar-refractivity contribution in [2.45, 2.75) is 32.7 Å². The number of carbonyl (C=O) groups excluding carboxylic acids is 1. The summed E-state index contributed by atoms with van der Waals surface area (Å²) in [4.78, 5) is 21.9. The summed E-state index contributed by atoms with van der Waals surface area (Å²) >= 11 is 0. The molecule has 0 aromatic carbocycles. The smallest absolute Gasteiger partial charge is 0.303 e. The molecule has 18 heavy (non-hydrogen) atoms. The maximum Gasteiger partial charge on any atom is 0.303 e. The van der Waals surface area contributed by atoms with Gasteiger partial charge in [-0.3, -0.25) is 9.59 Å². The highest BCUT2D eigenvalue weighted by Crippen LogP contribution is 2.07. The number of amides is 1. The highest BCUT2D eigenvalue weighted by molar-refractivity contribution is 5.91. The lowest BCUT2D eigenvalue weighted by atomic mass is 10.2. The van der Waals surface area contributed by atoms with E-state index in [2.05, 4.69) is 5.32 Å². The van der Waals surface area contributed by atoms with Gasteiger partial charge in [0.25, 0.3) is 0 Å². The van der Waals surface area contributed by atoms with Crippen LogP contribution in [0, 0.1) is 6.92 Å². The molecule has 1 atom stereocenters. The fourth-order valence-corrected chi connectivity index (χ4v) is 1.40. The predicted octanol–water partition coefficient (Wildman–Crippen LogP) is 1.97. The first-order valence-electron chi connectivity index (χ1n) is 5.74. The van der Waals surface area contributed by atoms with Crippen molar-refractivity contribution in [3.8, 4) is 0 Å². The average molecular weight is 251 g/mol. The fraction of sp³-hybridized carbons (Fsp3) is 0.385. The van der Waals surface area contributed by atoms with Crippen molar-refractivity contribution >= 4 is 18.0 Å². The van der Waals surface area contributed by atoms with E-state index in [9.17, 15) is 9.59 Å². The van der Waals surface area contributed by atoms with E-state index in [1.807, 2.05) is 13.0 Å². The molecule has 2 N–H and O–H groups in total. The molecule has 1 rings (SSSR count). The Kier molecular flexibility index (Phi) is 5.17. The summed E-state index contributed by atoms with van der Waals surface area (Å²) in [5.41, 5.74) is 0. The second-order valence-electron chi connectivity index (χ2n) is 4.12. The minimum absolute atomic E-state index is 0.0442. The first-order chi connectivity index (χ1) is 8.47. The van der Waals surface area contributed by atoms with Crippen LogP contribution in [-0.2, 0) is 9.59 Å². The summed E-state index contributed by atoms with van der Waals surface area (Å²) < 4.78 is 5.27. The molecule has 0 aliphatic carbocycles. The Morgan fingerprint density at radius 3 is 2.78 bits per heavy atom. The molecule has 0 aliphatic rings. The Labute approximate surface area is 105 Å². The maximum absolute atomic E-state index is 11.5. The number of hydrogen-bond donors (Lipinski definition) is 2. The third-order valence-electron chi connectivity index (χ3n) is 2.34. The minimum Gasteiger partial charge on any atom is -0.481 e. The number of hydrogen-bond acceptors (Lipinski definition) is 3. The summed E-state index contributed by atoms with van der Waals surface area (Å²) in [6.45, 7) is 3.59. The molecule has 0 fully saturated rings. The Morgan fingerprint density at radius 1 is 1.50 bits per heavy atom. The fourth-order valence-electron chi connectivity index (χ4n) is 1.40. The van der Waals surface area contributed by atoms with Gasteiger partial charge >= 0.3 is 5.97 Å². The molecule has 0 radical (unpaired) electrons. The molecule has 0 unspecified atom stereocenters. The van der Waals surface area contributed by atoms with Gasteiger partial charge < -0.3 is 14.8 Å². The lowest BCUT2D eigenvalue weighted by Crippen LogP contribution is -2.31. The normalized spacial score (nSPS) is 12.6. The highest BCUT2D eigenvalue weighted by Gasteiger charge is 2.07. The van der Waals surface area contributed by atoms with Gasteiger partial charge in [-0.15, -0.1) is 0 Å². The summed E-state index contributed by atoms with van der Waals surface area (Å²) in [6, 6.07) is 3.41. The quantitative estimate of drug-likeness (QED) is 0.757. The van der Waals surface area contributed by atoms with Crippen molar-refractivity contribution in [3.63, 3.8) is 0 Å². The second kappa shape index (κ2) is 6.64. The molecule has 98 valence electrons. The van der Waals surface area contributed by atoms with Gasteiger partial charge in [0.1, 0.15) is 11.5 Å². The predicted molar refractivity (Wildman–Crippen MR) is 67.0 cm³/mol. The van der Waals surface area contributed by atoms with E-state index >= 15 is 0 Å². The monoisotopic (exact) mass is 251 g/mol. The number of nitrogens with one attached hydrogen (secondary N) is 1. The molecule has 1 heterocycles. The number of furan rings is 1. The third kappa shape index (κ3) is 5.34. The van der Waals surface area contributed by atoms with Gasteiger partial charge in [-0.1, -0.05) is 0 Å². The van der Waals surface area contributed by atoms with Crippen LogP contribution in [0.1, 0.15) is 31.3 Å². The molecular formula is C13H17NO4. The van der Waals surface area contributed by atoms with Crippen molar-refractivity contribution < 1.29 is 19.1 Å². The number of rotatable bonds is 6. The minimum atomic E-state index is -0.863. The van der Waals surface area contributed by atoms with Crippen molar-refractivity contribution in [1.29, 1.82) is 0 Å². The van der Waals surface area contributed by atoms with Gasteiger partial charge in [0.05, 0.1) is 0 Å². The molecule has 0 saturated carbocycles. The molecule has 5 nitrogen and oxygen atoms in total. The Hall–Kier alpha value is -2.04. The van der Waals surface area contributed by atoms with Crippen LogP contribution in [0.5, 0.6) is 0 Å². The van der Waals surface area contributed by atoms with Crippen molar-refractivity contribution in [1.82, 2.24) is 5.32 Å². The Balaban J connectivity index is 2.37. The maximum atomic E-state index is 11.5. The van der Waals surface area contributed by atoms with Crippen molar-refractivity contribution in [2.75, 3.05) is 0 Å². The van der Waals surface area contributed by atoms with Crippen LogP contribution in [0.15, 0.2) is 22.6 Å². The van der Waals surface area contributed by atoms with Crippen LogP contribution in [0.4, 0.5) is 0 Å². The highest BCUT2D eigenvalue weighted by atomic mass is 16.4. The second-order valence-corrected chi connectivity index (χ2v) is 4.12. The summed E-state index contributed by atoms with van der Waals surface area (Å²) in [5.74, 6) is 0.269. The summed E-state index contributed by atoms with van der Waals surface area (Å²) in [6.07, 6.45) is 3.40. The molecule has 5 heteroatoms. The number of aryl methyl sites for hydroxylation is 1. The van der Waals surface area contributed by atoms with Crippen LogP contribution in [0.25, 0.3) is 6.08 Å². The molecule has 0 aliphatic heterocycles. The zero-order valence-corrected chi connectivity index (χ0v) is 10.5. The average Bonchev–Trinajstić information content (AvgIpc) is 2.70. The van der Waals surface area contributed by atoms with Gasteiger partial charge in [-0.2, -0.15) is 0 Å². The van der Waals surface area contributed by atoms with E-state index in [4.69, 9.17) is 9.52 Å². The van der Waals surface area contributed by atoms with Gasteiger partial charge in [0.15, 0.2) is 0 Å². The standard InChI is InChI=1S/C13H17NO4/c1-9(3-8-13(16)17)14-12(15)7-6-11-5-4-10(2)18-11/h4-7,9H,3,8H2,1-2H3,(H,14,15)(H,16,17)/b7-6-/t9-/m1/s1. The summed E-state index contributed by atoms with van der Waals surface area (Å²) in [5, 5.41) is 11.2. The van der Waals surface area contributed by atoms with E-state index in [1.54, 1.807) is 19.1 Å². The zero-order chi connectivity index (χ0) is 13.5. The van der Waals surface area contributed by atoms with Gasteiger partial charge in [0, 0.05) is 18.5 Å². The van der Waals surface area contributed by atoms with E-state index in [1.165, 1.54) is 6.08 Å². The molecule has 1 amide bonds. The molecule has 1 aromatic rings. The third-order valence-corrected chi connectivity index (χ3v) is 2.34. The van der Waals surface area contributed by atoms with Gasteiger partial charge in [-0.05, 0) is 38.5 Å². The van der Waals surface area contributed by atoms with Gasteiger partial charge in [-0.25, -0.2) is 0 Å². The molecule has 1 aromatic heterocycles. The van der Waals surface area contributed by atoms with Crippen LogP contribution in [0.3, 0.4) is 0 Å². The number of carboxylic acid groups (broad SMARTS) is 1. The molecular weight excluding hydrogens is 234 g/mol. The number of aliphatic carboxylic acids is 1. The lowest BCUT2D eigenvalue weighted by Gasteiger charge is -2.10. The van der Waals surface area contributed by atoms with E-state index in [-0.39, 0.29) is 18.4 Å². The SMILES string of the molecule is Cc1ccc(/C=C\C(=O)N[C@H](C)CCC(=O)O)o1. The molecule has 0 bridgehead atoms. The van der Waals surface area contributed by atoms with E-state index < -0.39 is 5.97 Å².